The molecule has 0 bridgehead atoms. The first-order chi connectivity index (χ1) is 10.1. The zero-order chi connectivity index (χ0) is 17.7. The van der Waals surface area contributed by atoms with Gasteiger partial charge in [0.2, 0.25) is 5.91 Å². The molecule has 1 heterocycles. The largest absolute Gasteiger partial charge is 0.394 e. The van der Waals surface area contributed by atoms with Gasteiger partial charge in [0.1, 0.15) is 5.82 Å². The maximum atomic E-state index is 10.6. The lowest BCUT2D eigenvalue weighted by atomic mass is 10.4. The predicted octanol–water partition coefficient (Wildman–Crippen LogP) is 0.153. The molecule has 11 heteroatoms. The van der Waals surface area contributed by atoms with Crippen molar-refractivity contribution >= 4 is 23.7 Å². The SMILES string of the molecule is CC(=O)Nc1cc(C)nn1C.CC(=O)OC(C)=O.ONOO. The van der Waals surface area contributed by atoms with Crippen LogP contribution in [0.15, 0.2) is 6.07 Å². The summed E-state index contributed by atoms with van der Waals surface area (Å²) in [4.78, 5) is 33.1. The molecule has 0 saturated carbocycles. The fourth-order valence-electron chi connectivity index (χ4n) is 1.11. The van der Waals surface area contributed by atoms with E-state index < -0.39 is 11.9 Å². The van der Waals surface area contributed by atoms with Gasteiger partial charge in [-0.05, 0) is 12.6 Å². The normalized spacial score (nSPS) is 8.68. The number of anilines is 1. The fraction of sp³-hybridized carbons (Fsp3) is 0.455. The van der Waals surface area contributed by atoms with Crippen LogP contribution in [0, 0.1) is 6.92 Å². The number of carbonyl (C=O) groups excluding carboxylic acids is 3. The standard InChI is InChI=1S/C7H11N3O.C4H6O3.H3NO3/c1-5-4-7(8-6(2)11)10(3)9-5;1-3(5)7-4(2)6;2-1-4-3/h4H,1-3H3,(H,8,11);1-2H3;1-3H. The minimum Gasteiger partial charge on any atom is -0.394 e. The van der Waals surface area contributed by atoms with Gasteiger partial charge < -0.3 is 10.1 Å². The summed E-state index contributed by atoms with van der Waals surface area (Å²) in [5, 5.41) is 20.9. The molecule has 0 fully saturated rings. The first kappa shape index (κ1) is 21.9. The van der Waals surface area contributed by atoms with Crippen molar-refractivity contribution in [3.8, 4) is 0 Å². The van der Waals surface area contributed by atoms with Gasteiger partial charge in [-0.3, -0.25) is 24.3 Å². The van der Waals surface area contributed by atoms with E-state index >= 15 is 0 Å². The quantitative estimate of drug-likeness (QED) is 0.258. The molecule has 11 nitrogen and oxygen atoms in total. The van der Waals surface area contributed by atoms with Crippen molar-refractivity contribution in [1.82, 2.24) is 15.4 Å². The highest BCUT2D eigenvalue weighted by Gasteiger charge is 2.01. The number of rotatable bonds is 2. The molecular weight excluding hydrogens is 300 g/mol. The van der Waals surface area contributed by atoms with E-state index in [0.717, 1.165) is 17.2 Å². The topological polar surface area (TPSA) is 152 Å². The summed E-state index contributed by atoms with van der Waals surface area (Å²) in [6, 6.07) is 1.82. The second-order valence-corrected chi connectivity index (χ2v) is 3.74. The maximum absolute atomic E-state index is 10.6. The van der Waals surface area contributed by atoms with Crippen molar-refractivity contribution in [3.05, 3.63) is 11.8 Å². The van der Waals surface area contributed by atoms with Crippen molar-refractivity contribution in [2.45, 2.75) is 27.7 Å². The van der Waals surface area contributed by atoms with Crippen LogP contribution >= 0.6 is 0 Å². The van der Waals surface area contributed by atoms with Gasteiger partial charge in [-0.15, -0.1) is 4.99 Å². The van der Waals surface area contributed by atoms with Gasteiger partial charge in [0.15, 0.2) is 0 Å². The number of ether oxygens (including phenoxy) is 1. The number of hydrogen-bond donors (Lipinski definition) is 4. The van der Waals surface area contributed by atoms with Crippen LogP contribution in [0.5, 0.6) is 0 Å². The molecule has 0 radical (unpaired) electrons. The lowest BCUT2D eigenvalue weighted by Crippen LogP contribution is -2.09. The smallest absolute Gasteiger partial charge is 0.310 e. The van der Waals surface area contributed by atoms with Gasteiger partial charge in [-0.2, -0.15) is 5.10 Å². The summed E-state index contributed by atoms with van der Waals surface area (Å²) >= 11 is 0. The molecule has 1 rings (SSSR count). The van der Waals surface area contributed by atoms with E-state index in [1.165, 1.54) is 20.8 Å². The number of aryl methyl sites for hydroxylation is 2. The molecule has 0 atom stereocenters. The summed E-state index contributed by atoms with van der Waals surface area (Å²) in [6.45, 7) is 5.72. The number of amides is 1. The van der Waals surface area contributed by atoms with E-state index in [1.807, 2.05) is 13.0 Å². The van der Waals surface area contributed by atoms with Crippen LogP contribution < -0.4 is 11.0 Å². The zero-order valence-corrected chi connectivity index (χ0v) is 12.9. The zero-order valence-electron chi connectivity index (χ0n) is 12.9. The molecule has 4 N–H and O–H groups in total. The molecule has 0 unspecified atom stereocenters. The van der Waals surface area contributed by atoms with Crippen LogP contribution in [0.2, 0.25) is 0 Å². The first-order valence-electron chi connectivity index (χ1n) is 5.80. The second-order valence-electron chi connectivity index (χ2n) is 3.74. The number of hydrogen-bond acceptors (Lipinski definition) is 9. The Hall–Kier alpha value is -2.34. The molecule has 0 aliphatic rings. The Labute approximate surface area is 126 Å². The lowest BCUT2D eigenvalue weighted by molar-refractivity contribution is -0.356. The summed E-state index contributed by atoms with van der Waals surface area (Å²) in [5.41, 5.74) is 1.89. The Kier molecular flexibility index (Phi) is 12.4. The predicted molar refractivity (Wildman–Crippen MR) is 73.3 cm³/mol. The monoisotopic (exact) mass is 320 g/mol. The summed E-state index contributed by atoms with van der Waals surface area (Å²) < 4.78 is 5.61. The van der Waals surface area contributed by atoms with Crippen molar-refractivity contribution < 1.29 is 34.6 Å². The van der Waals surface area contributed by atoms with E-state index in [9.17, 15) is 14.4 Å². The molecule has 1 aromatic rings. The van der Waals surface area contributed by atoms with Crippen molar-refractivity contribution in [2.24, 2.45) is 7.05 Å². The van der Waals surface area contributed by atoms with Gasteiger partial charge in [0, 0.05) is 33.9 Å². The van der Waals surface area contributed by atoms with Gasteiger partial charge in [0.25, 0.3) is 0 Å². The number of aromatic nitrogens is 2. The molecule has 0 aliphatic heterocycles. The van der Waals surface area contributed by atoms with Crippen LogP contribution in [-0.4, -0.2) is 38.1 Å². The molecule has 1 amide bonds. The second kappa shape index (κ2) is 12.4. The number of carbonyl (C=O) groups is 3. The Morgan fingerprint density at radius 2 is 1.68 bits per heavy atom. The highest BCUT2D eigenvalue weighted by Crippen LogP contribution is 2.06. The van der Waals surface area contributed by atoms with E-state index in [4.69, 9.17) is 10.5 Å². The van der Waals surface area contributed by atoms with E-state index in [1.54, 1.807) is 11.7 Å². The van der Waals surface area contributed by atoms with Crippen LogP contribution in [0.25, 0.3) is 0 Å². The molecule has 22 heavy (non-hydrogen) atoms. The fourth-order valence-corrected chi connectivity index (χ4v) is 1.11. The molecule has 126 valence electrons. The van der Waals surface area contributed by atoms with Crippen molar-refractivity contribution in [3.63, 3.8) is 0 Å². The van der Waals surface area contributed by atoms with Gasteiger partial charge in [-0.25, -0.2) is 5.26 Å². The Morgan fingerprint density at radius 3 is 1.86 bits per heavy atom. The Morgan fingerprint density at radius 1 is 1.23 bits per heavy atom. The maximum Gasteiger partial charge on any atom is 0.310 e. The molecular formula is C11H20N4O7. The molecule has 0 aliphatic carbocycles. The third-order valence-electron chi connectivity index (χ3n) is 1.63. The number of esters is 2. The van der Waals surface area contributed by atoms with Crippen LogP contribution in [0.3, 0.4) is 0 Å². The highest BCUT2D eigenvalue weighted by molar-refractivity contribution is 5.87. The number of nitrogens with zero attached hydrogens (tertiary/aromatic N) is 2. The third-order valence-corrected chi connectivity index (χ3v) is 1.63. The van der Waals surface area contributed by atoms with Crippen LogP contribution in [-0.2, 0) is 31.2 Å². The lowest BCUT2D eigenvalue weighted by Gasteiger charge is -1.99. The molecule has 0 saturated heterocycles. The van der Waals surface area contributed by atoms with Gasteiger partial charge in [0.05, 0.1) is 5.69 Å². The van der Waals surface area contributed by atoms with Crippen LogP contribution in [0.1, 0.15) is 26.5 Å². The number of nitrogens with one attached hydrogen (secondary N) is 2. The van der Waals surface area contributed by atoms with Crippen molar-refractivity contribution in [2.75, 3.05) is 5.32 Å². The molecule has 0 spiro atoms. The van der Waals surface area contributed by atoms with Gasteiger partial charge in [-0.1, -0.05) is 0 Å². The first-order valence-corrected chi connectivity index (χ1v) is 5.80. The van der Waals surface area contributed by atoms with Gasteiger partial charge >= 0.3 is 11.9 Å². The average Bonchev–Trinajstić information content (AvgIpc) is 2.66. The molecule has 1 aromatic heterocycles. The highest BCUT2D eigenvalue weighted by atomic mass is 17.2. The van der Waals surface area contributed by atoms with Crippen molar-refractivity contribution in [1.29, 1.82) is 0 Å². The van der Waals surface area contributed by atoms with E-state index in [0.29, 0.717) is 0 Å². The summed E-state index contributed by atoms with van der Waals surface area (Å²) in [7, 11) is 1.79. The minimum atomic E-state index is -0.562. The van der Waals surface area contributed by atoms with E-state index in [-0.39, 0.29) is 5.91 Å². The Balaban J connectivity index is 0. The Bertz CT molecular complexity index is 473. The average molecular weight is 320 g/mol. The summed E-state index contributed by atoms with van der Waals surface area (Å²) in [5.74, 6) is -0.469. The third kappa shape index (κ3) is 14.1. The molecule has 0 aromatic carbocycles. The summed E-state index contributed by atoms with van der Waals surface area (Å²) in [6.07, 6.45) is 0. The minimum absolute atomic E-state index is 0.0759. The van der Waals surface area contributed by atoms with E-state index in [2.05, 4.69) is 20.1 Å². The van der Waals surface area contributed by atoms with Crippen LogP contribution in [0.4, 0.5) is 5.82 Å².